The Morgan fingerprint density at radius 2 is 1.79 bits per heavy atom. The molecule has 5 nitrogen and oxygen atoms in total. The van der Waals surface area contributed by atoms with Crippen LogP contribution in [0.25, 0.3) is 10.7 Å². The molecule has 1 aromatic carbocycles. The second-order valence-electron chi connectivity index (χ2n) is 7.13. The summed E-state index contributed by atoms with van der Waals surface area (Å²) in [4.78, 5) is 15.8. The summed E-state index contributed by atoms with van der Waals surface area (Å²) in [7, 11) is 0. The third kappa shape index (κ3) is 4.83. The highest BCUT2D eigenvalue weighted by Crippen LogP contribution is 2.28. The summed E-state index contributed by atoms with van der Waals surface area (Å²) in [6.07, 6.45) is 0. The Morgan fingerprint density at radius 3 is 2.39 bits per heavy atom. The van der Waals surface area contributed by atoms with Crippen molar-refractivity contribution in [1.29, 1.82) is 0 Å². The Kier molecular flexibility index (Phi) is 6.91. The fourth-order valence-electron chi connectivity index (χ4n) is 3.27. The van der Waals surface area contributed by atoms with Gasteiger partial charge in [0.25, 0.3) is 0 Å². The number of hydrogen-bond acceptors (Lipinski definition) is 5. The summed E-state index contributed by atoms with van der Waals surface area (Å²) in [6.45, 7) is 8.88. The van der Waals surface area contributed by atoms with Crippen LogP contribution in [0.1, 0.15) is 33.3 Å². The van der Waals surface area contributed by atoms with Crippen LogP contribution in [0.15, 0.2) is 53.0 Å². The number of rotatable bonds is 8. The lowest BCUT2D eigenvalue weighted by atomic mass is 10.2. The summed E-state index contributed by atoms with van der Waals surface area (Å²) < 4.78 is 2.11. The monoisotopic (exact) mass is 414 g/mol. The normalized spacial score (nSPS) is 11.4. The smallest absolute Gasteiger partial charge is 0.233 e. The Balaban J connectivity index is 1.83. The van der Waals surface area contributed by atoms with E-state index in [9.17, 15) is 4.79 Å². The lowest BCUT2D eigenvalue weighted by Crippen LogP contribution is -2.43. The van der Waals surface area contributed by atoms with Crippen LogP contribution in [-0.4, -0.2) is 43.4 Å². The molecule has 0 atom stereocenters. The topological polar surface area (TPSA) is 51.0 Å². The van der Waals surface area contributed by atoms with Gasteiger partial charge in [-0.2, -0.15) is 0 Å². The molecule has 0 aliphatic carbocycles. The molecule has 148 valence electrons. The van der Waals surface area contributed by atoms with Crippen LogP contribution < -0.4 is 0 Å². The van der Waals surface area contributed by atoms with E-state index < -0.39 is 0 Å². The Bertz CT molecular complexity index is 881. The van der Waals surface area contributed by atoms with Crippen molar-refractivity contribution in [3.8, 4) is 10.7 Å². The summed E-state index contributed by atoms with van der Waals surface area (Å²) in [6, 6.07) is 14.7. The highest BCUT2D eigenvalue weighted by atomic mass is 32.2. The number of aromatic nitrogens is 3. The van der Waals surface area contributed by atoms with Crippen molar-refractivity contribution in [2.75, 3.05) is 5.75 Å². The third-order valence-corrected chi connectivity index (χ3v) is 6.18. The molecule has 2 aromatic heterocycles. The van der Waals surface area contributed by atoms with Crippen molar-refractivity contribution < 1.29 is 4.79 Å². The maximum absolute atomic E-state index is 12.8. The first-order valence-electron chi connectivity index (χ1n) is 9.42. The second-order valence-corrected chi connectivity index (χ2v) is 9.02. The van der Waals surface area contributed by atoms with E-state index in [1.54, 1.807) is 11.3 Å². The van der Waals surface area contributed by atoms with Crippen LogP contribution >= 0.6 is 23.1 Å². The standard InChI is InChI=1S/C21H26N4OS2/c1-15(2)25(16(3)4)19(26)14-28-21-23-22-20(18-11-8-12-27-18)24(21)13-17-9-6-5-7-10-17/h5-12,15-16H,13-14H2,1-4H3. The molecule has 0 saturated carbocycles. The van der Waals surface area contributed by atoms with E-state index in [4.69, 9.17) is 0 Å². The van der Waals surface area contributed by atoms with Gasteiger partial charge >= 0.3 is 0 Å². The summed E-state index contributed by atoms with van der Waals surface area (Å²) in [5.74, 6) is 1.33. The van der Waals surface area contributed by atoms with E-state index in [1.807, 2.05) is 34.5 Å². The van der Waals surface area contributed by atoms with E-state index in [1.165, 1.54) is 17.3 Å². The van der Waals surface area contributed by atoms with Gasteiger partial charge in [0, 0.05) is 12.1 Å². The third-order valence-electron chi connectivity index (χ3n) is 4.37. The minimum Gasteiger partial charge on any atom is -0.337 e. The van der Waals surface area contributed by atoms with Crippen LogP contribution in [0, 0.1) is 0 Å². The van der Waals surface area contributed by atoms with Gasteiger partial charge in [-0.1, -0.05) is 48.2 Å². The minimum atomic E-state index is 0.127. The number of amides is 1. The average Bonchev–Trinajstić information content (AvgIpc) is 3.30. The molecule has 3 rings (SSSR count). The quantitative estimate of drug-likeness (QED) is 0.497. The number of benzene rings is 1. The van der Waals surface area contributed by atoms with Crippen molar-refractivity contribution in [3.63, 3.8) is 0 Å². The van der Waals surface area contributed by atoms with Crippen LogP contribution in [0.4, 0.5) is 0 Å². The highest BCUT2D eigenvalue weighted by Gasteiger charge is 2.22. The summed E-state index contributed by atoms with van der Waals surface area (Å²) >= 11 is 3.10. The number of thioether (sulfide) groups is 1. The van der Waals surface area contributed by atoms with Crippen molar-refractivity contribution in [2.24, 2.45) is 0 Å². The average molecular weight is 415 g/mol. The number of thiophene rings is 1. The largest absolute Gasteiger partial charge is 0.337 e. The molecular weight excluding hydrogens is 388 g/mol. The number of nitrogens with zero attached hydrogens (tertiary/aromatic N) is 4. The molecule has 7 heteroatoms. The molecule has 2 heterocycles. The predicted molar refractivity (Wildman–Crippen MR) is 117 cm³/mol. The van der Waals surface area contributed by atoms with E-state index in [0.717, 1.165) is 15.9 Å². The van der Waals surface area contributed by atoms with E-state index in [-0.39, 0.29) is 18.0 Å². The van der Waals surface area contributed by atoms with Gasteiger partial charge in [-0.25, -0.2) is 0 Å². The first-order chi connectivity index (χ1) is 13.5. The number of hydrogen-bond donors (Lipinski definition) is 0. The van der Waals surface area contributed by atoms with Crippen LogP contribution in [0.5, 0.6) is 0 Å². The molecule has 0 bridgehead atoms. The molecule has 0 radical (unpaired) electrons. The molecule has 3 aromatic rings. The van der Waals surface area contributed by atoms with Gasteiger partial charge in [0.15, 0.2) is 11.0 Å². The van der Waals surface area contributed by atoms with Crippen molar-refractivity contribution in [3.05, 3.63) is 53.4 Å². The van der Waals surface area contributed by atoms with Gasteiger partial charge in [0.1, 0.15) is 0 Å². The Morgan fingerprint density at radius 1 is 1.07 bits per heavy atom. The highest BCUT2D eigenvalue weighted by molar-refractivity contribution is 7.99. The van der Waals surface area contributed by atoms with Crippen LogP contribution in [0.2, 0.25) is 0 Å². The molecule has 0 saturated heterocycles. The van der Waals surface area contributed by atoms with Gasteiger partial charge in [0.05, 0.1) is 17.2 Å². The first-order valence-corrected chi connectivity index (χ1v) is 11.3. The summed E-state index contributed by atoms with van der Waals surface area (Å²) in [5.41, 5.74) is 1.18. The van der Waals surface area contributed by atoms with Gasteiger partial charge in [-0.3, -0.25) is 9.36 Å². The van der Waals surface area contributed by atoms with Crippen molar-refractivity contribution in [2.45, 2.75) is 51.5 Å². The molecule has 0 aliphatic rings. The van der Waals surface area contributed by atoms with Crippen molar-refractivity contribution >= 4 is 29.0 Å². The molecule has 28 heavy (non-hydrogen) atoms. The minimum absolute atomic E-state index is 0.127. The number of carbonyl (C=O) groups is 1. The zero-order valence-electron chi connectivity index (χ0n) is 16.7. The van der Waals surface area contributed by atoms with Gasteiger partial charge in [-0.15, -0.1) is 21.5 Å². The van der Waals surface area contributed by atoms with Gasteiger partial charge in [-0.05, 0) is 44.7 Å². The number of carbonyl (C=O) groups excluding carboxylic acids is 1. The molecule has 0 aliphatic heterocycles. The molecule has 0 spiro atoms. The first kappa shape index (κ1) is 20.6. The van der Waals surface area contributed by atoms with E-state index >= 15 is 0 Å². The van der Waals surface area contributed by atoms with Gasteiger partial charge in [0.2, 0.25) is 5.91 Å². The van der Waals surface area contributed by atoms with Crippen molar-refractivity contribution in [1.82, 2.24) is 19.7 Å². The molecule has 0 fully saturated rings. The van der Waals surface area contributed by atoms with Crippen LogP contribution in [-0.2, 0) is 11.3 Å². The molecule has 0 unspecified atom stereocenters. The van der Waals surface area contributed by atoms with E-state index in [0.29, 0.717) is 12.3 Å². The lowest BCUT2D eigenvalue weighted by molar-refractivity contribution is -0.131. The fraction of sp³-hybridized carbons (Fsp3) is 0.381. The zero-order valence-corrected chi connectivity index (χ0v) is 18.3. The Hall–Kier alpha value is -2.12. The molecular formula is C21H26N4OS2. The maximum atomic E-state index is 12.8. The Labute approximate surface area is 174 Å². The van der Waals surface area contributed by atoms with Crippen LogP contribution in [0.3, 0.4) is 0 Å². The summed E-state index contributed by atoms with van der Waals surface area (Å²) in [5, 5.41) is 11.6. The fourth-order valence-corrected chi connectivity index (χ4v) is 4.79. The maximum Gasteiger partial charge on any atom is 0.233 e. The SMILES string of the molecule is CC(C)N(C(=O)CSc1nnc(-c2cccs2)n1Cc1ccccc1)C(C)C. The van der Waals surface area contributed by atoms with Gasteiger partial charge < -0.3 is 4.90 Å². The second kappa shape index (κ2) is 9.39. The van der Waals surface area contributed by atoms with E-state index in [2.05, 4.69) is 60.7 Å². The lowest BCUT2D eigenvalue weighted by Gasteiger charge is -2.30. The zero-order chi connectivity index (χ0) is 20.1. The molecule has 0 N–H and O–H groups in total. The predicted octanol–water partition coefficient (Wildman–Crippen LogP) is 4.79. The molecule has 1 amide bonds.